The van der Waals surface area contributed by atoms with Crippen molar-refractivity contribution in [1.29, 1.82) is 0 Å². The van der Waals surface area contributed by atoms with Gasteiger partial charge in [0.1, 0.15) is 0 Å². The van der Waals surface area contributed by atoms with Crippen molar-refractivity contribution in [3.63, 3.8) is 0 Å². The standard InChI is InChI=1S/C11H15NO5S/c13-8-9(6-11(14)15)7-12-18(16,17)10-4-2-1-3-5-10/h1-5,9,12-13H,6-8H2,(H,14,15). The lowest BCUT2D eigenvalue weighted by atomic mass is 10.1. The van der Waals surface area contributed by atoms with Crippen molar-refractivity contribution in [1.82, 2.24) is 4.72 Å². The number of aliphatic carboxylic acids is 1. The maximum atomic E-state index is 11.8. The number of carboxylic acids is 1. The highest BCUT2D eigenvalue weighted by atomic mass is 32.2. The van der Waals surface area contributed by atoms with Gasteiger partial charge < -0.3 is 10.2 Å². The van der Waals surface area contributed by atoms with Crippen LogP contribution in [0.15, 0.2) is 35.2 Å². The normalized spacial score (nSPS) is 13.2. The Morgan fingerprint density at radius 2 is 1.89 bits per heavy atom. The van der Waals surface area contributed by atoms with Crippen LogP contribution in [0, 0.1) is 5.92 Å². The summed E-state index contributed by atoms with van der Waals surface area (Å²) in [5.74, 6) is -1.71. The second-order valence-corrected chi connectivity index (χ2v) is 5.58. The first kappa shape index (κ1) is 14.6. The minimum Gasteiger partial charge on any atom is -0.481 e. The van der Waals surface area contributed by atoms with Gasteiger partial charge >= 0.3 is 5.97 Å². The molecule has 18 heavy (non-hydrogen) atoms. The Labute approximate surface area is 105 Å². The lowest BCUT2D eigenvalue weighted by Crippen LogP contribution is -2.32. The lowest BCUT2D eigenvalue weighted by molar-refractivity contribution is -0.138. The maximum absolute atomic E-state index is 11.8. The van der Waals surface area contributed by atoms with E-state index in [-0.39, 0.29) is 24.5 Å². The molecule has 0 fully saturated rings. The van der Waals surface area contributed by atoms with Crippen LogP contribution in [0.2, 0.25) is 0 Å². The van der Waals surface area contributed by atoms with Gasteiger partial charge in [-0.3, -0.25) is 4.79 Å². The number of carboxylic acid groups (broad SMARTS) is 1. The maximum Gasteiger partial charge on any atom is 0.303 e. The Balaban J connectivity index is 2.64. The van der Waals surface area contributed by atoms with Crippen LogP contribution < -0.4 is 4.72 Å². The van der Waals surface area contributed by atoms with Crippen molar-refractivity contribution < 1.29 is 23.4 Å². The fourth-order valence-electron chi connectivity index (χ4n) is 1.36. The number of rotatable bonds is 7. The minimum atomic E-state index is -3.66. The second-order valence-electron chi connectivity index (χ2n) is 3.81. The van der Waals surface area contributed by atoms with E-state index in [9.17, 15) is 13.2 Å². The number of nitrogens with one attached hydrogen (secondary N) is 1. The first-order valence-electron chi connectivity index (χ1n) is 5.33. The number of hydrogen-bond donors (Lipinski definition) is 3. The third-order valence-electron chi connectivity index (χ3n) is 2.34. The Kier molecular flexibility index (Phi) is 5.26. The molecule has 0 aliphatic heterocycles. The van der Waals surface area contributed by atoms with Gasteiger partial charge in [0.25, 0.3) is 0 Å². The summed E-state index contributed by atoms with van der Waals surface area (Å²) in [5, 5.41) is 17.5. The first-order valence-corrected chi connectivity index (χ1v) is 6.81. The van der Waals surface area contributed by atoms with Crippen LogP contribution in [0.25, 0.3) is 0 Å². The van der Waals surface area contributed by atoms with Gasteiger partial charge in [-0.2, -0.15) is 0 Å². The van der Waals surface area contributed by atoms with E-state index in [1.54, 1.807) is 18.2 Å². The highest BCUT2D eigenvalue weighted by Crippen LogP contribution is 2.08. The van der Waals surface area contributed by atoms with Gasteiger partial charge in [0, 0.05) is 19.1 Å². The molecule has 3 N–H and O–H groups in total. The van der Waals surface area contributed by atoms with Crippen molar-refractivity contribution in [2.45, 2.75) is 11.3 Å². The summed E-state index contributed by atoms with van der Waals surface area (Å²) in [4.78, 5) is 10.6. The van der Waals surface area contributed by atoms with E-state index >= 15 is 0 Å². The quantitative estimate of drug-likeness (QED) is 0.651. The van der Waals surface area contributed by atoms with Gasteiger partial charge in [0.05, 0.1) is 11.3 Å². The monoisotopic (exact) mass is 273 g/mol. The van der Waals surface area contributed by atoms with Crippen molar-refractivity contribution in [2.24, 2.45) is 5.92 Å². The van der Waals surface area contributed by atoms with Gasteiger partial charge in [-0.05, 0) is 12.1 Å². The van der Waals surface area contributed by atoms with Crippen molar-refractivity contribution in [3.8, 4) is 0 Å². The number of carbonyl (C=O) groups is 1. The molecule has 1 rings (SSSR count). The molecule has 0 saturated heterocycles. The summed E-state index contributed by atoms with van der Waals surface area (Å²) in [5.41, 5.74) is 0. The molecular formula is C11H15NO5S. The molecule has 0 heterocycles. The molecule has 6 nitrogen and oxygen atoms in total. The highest BCUT2D eigenvalue weighted by molar-refractivity contribution is 7.89. The lowest BCUT2D eigenvalue weighted by Gasteiger charge is -2.13. The summed E-state index contributed by atoms with van der Waals surface area (Å²) in [7, 11) is -3.66. The summed E-state index contributed by atoms with van der Waals surface area (Å²) in [6.07, 6.45) is -0.284. The molecule has 0 spiro atoms. The molecule has 0 bridgehead atoms. The zero-order chi connectivity index (χ0) is 13.6. The molecule has 0 aliphatic rings. The van der Waals surface area contributed by atoms with Crippen LogP contribution in [-0.2, 0) is 14.8 Å². The molecule has 7 heteroatoms. The van der Waals surface area contributed by atoms with Crippen LogP contribution in [-0.4, -0.2) is 37.8 Å². The van der Waals surface area contributed by atoms with E-state index in [0.29, 0.717) is 0 Å². The molecule has 0 radical (unpaired) electrons. The molecule has 1 unspecified atom stereocenters. The van der Waals surface area contributed by atoms with Crippen LogP contribution >= 0.6 is 0 Å². The van der Waals surface area contributed by atoms with Gasteiger partial charge in [-0.1, -0.05) is 18.2 Å². The fraction of sp³-hybridized carbons (Fsp3) is 0.364. The predicted molar refractivity (Wildman–Crippen MR) is 64.5 cm³/mol. The zero-order valence-electron chi connectivity index (χ0n) is 9.61. The van der Waals surface area contributed by atoms with E-state index in [0.717, 1.165) is 0 Å². The van der Waals surface area contributed by atoms with E-state index < -0.39 is 21.9 Å². The third kappa shape index (κ3) is 4.44. The average Bonchev–Trinajstić information content (AvgIpc) is 2.35. The molecule has 0 aromatic heterocycles. The van der Waals surface area contributed by atoms with Crippen molar-refractivity contribution >= 4 is 16.0 Å². The Bertz CT molecular complexity index is 485. The number of hydrogen-bond acceptors (Lipinski definition) is 4. The van der Waals surface area contributed by atoms with Crippen molar-refractivity contribution in [2.75, 3.05) is 13.2 Å². The summed E-state index contributed by atoms with van der Waals surface area (Å²) in [6, 6.07) is 7.76. The van der Waals surface area contributed by atoms with Gasteiger partial charge in [-0.15, -0.1) is 0 Å². The molecule has 0 aliphatic carbocycles. The zero-order valence-corrected chi connectivity index (χ0v) is 10.4. The molecule has 0 amide bonds. The molecule has 1 aromatic carbocycles. The Hall–Kier alpha value is -1.44. The van der Waals surface area contributed by atoms with Crippen LogP contribution in [0.3, 0.4) is 0 Å². The van der Waals surface area contributed by atoms with E-state index in [1.807, 2.05) is 0 Å². The minimum absolute atomic E-state index is 0.108. The Morgan fingerprint density at radius 1 is 1.28 bits per heavy atom. The van der Waals surface area contributed by atoms with E-state index in [1.165, 1.54) is 12.1 Å². The van der Waals surface area contributed by atoms with Crippen LogP contribution in [0.1, 0.15) is 6.42 Å². The SMILES string of the molecule is O=C(O)CC(CO)CNS(=O)(=O)c1ccccc1. The van der Waals surface area contributed by atoms with E-state index in [4.69, 9.17) is 10.2 Å². The van der Waals surface area contributed by atoms with Crippen molar-refractivity contribution in [3.05, 3.63) is 30.3 Å². The smallest absolute Gasteiger partial charge is 0.303 e. The molecule has 100 valence electrons. The van der Waals surface area contributed by atoms with E-state index in [2.05, 4.69) is 4.72 Å². The topological polar surface area (TPSA) is 104 Å². The molecular weight excluding hydrogens is 258 g/mol. The summed E-state index contributed by atoms with van der Waals surface area (Å²) < 4.78 is 25.9. The molecule has 1 atom stereocenters. The van der Waals surface area contributed by atoms with Gasteiger partial charge in [-0.25, -0.2) is 13.1 Å². The fourth-order valence-corrected chi connectivity index (χ4v) is 2.50. The van der Waals surface area contributed by atoms with Gasteiger partial charge in [0.15, 0.2) is 0 Å². The third-order valence-corrected chi connectivity index (χ3v) is 3.78. The number of sulfonamides is 1. The van der Waals surface area contributed by atoms with Gasteiger partial charge in [0.2, 0.25) is 10.0 Å². The average molecular weight is 273 g/mol. The highest BCUT2D eigenvalue weighted by Gasteiger charge is 2.18. The summed E-state index contributed by atoms with van der Waals surface area (Å²) in [6.45, 7) is -0.496. The first-order chi connectivity index (χ1) is 8.45. The number of aliphatic hydroxyl groups is 1. The van der Waals surface area contributed by atoms with Crippen LogP contribution in [0.4, 0.5) is 0 Å². The van der Waals surface area contributed by atoms with Crippen LogP contribution in [0.5, 0.6) is 0 Å². The number of aliphatic hydroxyl groups excluding tert-OH is 1. The molecule has 1 aromatic rings. The molecule has 0 saturated carbocycles. The largest absolute Gasteiger partial charge is 0.481 e. The predicted octanol–water partition coefficient (Wildman–Crippen LogP) is 0.0481. The Morgan fingerprint density at radius 3 is 2.39 bits per heavy atom. The number of benzene rings is 1. The second kappa shape index (κ2) is 6.48. The summed E-state index contributed by atoms with van der Waals surface area (Å²) >= 11 is 0.